The van der Waals surface area contributed by atoms with E-state index in [9.17, 15) is 13.5 Å². The monoisotopic (exact) mass is 224 g/mol. The first kappa shape index (κ1) is 11.9. The van der Waals surface area contributed by atoms with Crippen LogP contribution < -0.4 is 4.72 Å². The smallest absolute Gasteiger partial charge is 0.279 e. The number of nitrogens with zero attached hydrogens (tertiary/aromatic N) is 1. The fourth-order valence-corrected chi connectivity index (χ4v) is 2.35. The first-order valence-corrected chi connectivity index (χ1v) is 5.89. The molecule has 0 spiro atoms. The summed E-state index contributed by atoms with van der Waals surface area (Å²) in [7, 11) is -2.04. The van der Waals surface area contributed by atoms with Crippen LogP contribution in [-0.2, 0) is 10.2 Å². The van der Waals surface area contributed by atoms with Gasteiger partial charge in [0.15, 0.2) is 0 Å². The summed E-state index contributed by atoms with van der Waals surface area (Å²) < 4.78 is 26.1. The molecule has 0 saturated carbocycles. The van der Waals surface area contributed by atoms with Crippen LogP contribution in [0.25, 0.3) is 0 Å². The molecule has 14 heavy (non-hydrogen) atoms. The van der Waals surface area contributed by atoms with E-state index in [0.29, 0.717) is 0 Å². The molecular formula is C7H16N2O4S. The third-order valence-corrected chi connectivity index (χ3v) is 4.11. The van der Waals surface area contributed by atoms with E-state index in [1.807, 2.05) is 0 Å². The Morgan fingerprint density at radius 2 is 1.93 bits per heavy atom. The van der Waals surface area contributed by atoms with Crippen molar-refractivity contribution in [2.75, 3.05) is 26.7 Å². The van der Waals surface area contributed by atoms with Crippen LogP contribution in [0.1, 0.15) is 12.8 Å². The molecule has 84 valence electrons. The summed E-state index contributed by atoms with van der Waals surface area (Å²) in [6.45, 7) is 0.154. The molecule has 0 aromatic carbocycles. The van der Waals surface area contributed by atoms with Gasteiger partial charge >= 0.3 is 0 Å². The van der Waals surface area contributed by atoms with Crippen molar-refractivity contribution in [2.24, 2.45) is 0 Å². The molecule has 0 aromatic heterocycles. The lowest BCUT2D eigenvalue weighted by Gasteiger charge is -2.35. The molecule has 0 aromatic rings. The van der Waals surface area contributed by atoms with E-state index in [1.54, 1.807) is 0 Å². The van der Waals surface area contributed by atoms with Crippen molar-refractivity contribution < 1.29 is 18.6 Å². The van der Waals surface area contributed by atoms with Gasteiger partial charge in [-0.2, -0.15) is 12.7 Å². The van der Waals surface area contributed by atoms with Crippen LogP contribution in [0.4, 0.5) is 0 Å². The average Bonchev–Trinajstić information content (AvgIpc) is 2.19. The molecule has 1 aliphatic rings. The first-order chi connectivity index (χ1) is 6.43. The van der Waals surface area contributed by atoms with Crippen LogP contribution >= 0.6 is 0 Å². The zero-order valence-corrected chi connectivity index (χ0v) is 8.92. The average molecular weight is 224 g/mol. The van der Waals surface area contributed by atoms with Crippen molar-refractivity contribution in [3.63, 3.8) is 0 Å². The van der Waals surface area contributed by atoms with Crippen LogP contribution in [0.2, 0.25) is 0 Å². The Bertz CT molecular complexity index is 282. The molecule has 1 heterocycles. The number of nitrogens with one attached hydrogen (secondary N) is 1. The van der Waals surface area contributed by atoms with E-state index in [2.05, 4.69) is 4.72 Å². The number of hydrogen-bond donors (Lipinski definition) is 3. The highest BCUT2D eigenvalue weighted by atomic mass is 32.2. The topological polar surface area (TPSA) is 89.9 Å². The van der Waals surface area contributed by atoms with Gasteiger partial charge in [0.2, 0.25) is 0 Å². The fourth-order valence-electron chi connectivity index (χ4n) is 1.43. The molecule has 1 rings (SSSR count). The zero-order valence-electron chi connectivity index (χ0n) is 8.10. The van der Waals surface area contributed by atoms with Crippen LogP contribution in [0, 0.1) is 0 Å². The van der Waals surface area contributed by atoms with Gasteiger partial charge in [-0.3, -0.25) is 0 Å². The molecule has 1 saturated heterocycles. The summed E-state index contributed by atoms with van der Waals surface area (Å²) in [6.07, 6.45) is 0.537. The lowest BCUT2D eigenvalue weighted by molar-refractivity contribution is -0.0481. The second-order valence-corrected chi connectivity index (χ2v) is 5.37. The fraction of sp³-hybridized carbons (Fsp3) is 1.00. The van der Waals surface area contributed by atoms with Crippen molar-refractivity contribution in [3.05, 3.63) is 0 Å². The summed E-state index contributed by atoms with van der Waals surface area (Å²) in [5.74, 6) is 0. The lowest BCUT2D eigenvalue weighted by atomic mass is 9.94. The molecule has 0 aliphatic carbocycles. The van der Waals surface area contributed by atoms with E-state index in [-0.39, 0.29) is 32.5 Å². The van der Waals surface area contributed by atoms with E-state index in [0.717, 1.165) is 0 Å². The molecule has 7 heteroatoms. The minimum Gasteiger partial charge on any atom is -0.393 e. The number of piperidine rings is 1. The summed E-state index contributed by atoms with van der Waals surface area (Å²) in [4.78, 5) is 0. The van der Waals surface area contributed by atoms with Gasteiger partial charge in [-0.1, -0.05) is 0 Å². The Labute approximate surface area is 83.7 Å². The Hall–Kier alpha value is -0.210. The number of hydrogen-bond acceptors (Lipinski definition) is 4. The van der Waals surface area contributed by atoms with Crippen LogP contribution in [0.3, 0.4) is 0 Å². The molecule has 0 atom stereocenters. The Morgan fingerprint density at radius 1 is 1.43 bits per heavy atom. The summed E-state index contributed by atoms with van der Waals surface area (Å²) in [6, 6.07) is 0. The van der Waals surface area contributed by atoms with E-state index in [1.165, 1.54) is 11.4 Å². The summed E-state index contributed by atoms with van der Waals surface area (Å²) in [5.41, 5.74) is -1.11. The molecule has 0 radical (unpaired) electrons. The standard InChI is InChI=1S/C7H16N2O4S/c1-8-14(12,13)9-4-2-7(11,6-10)3-5-9/h8,10-11H,2-6H2,1H3. The first-order valence-electron chi connectivity index (χ1n) is 4.45. The maximum atomic E-state index is 11.3. The van der Waals surface area contributed by atoms with Crippen molar-refractivity contribution >= 4 is 10.2 Å². The van der Waals surface area contributed by atoms with Crippen LogP contribution in [0.5, 0.6) is 0 Å². The lowest BCUT2D eigenvalue weighted by Crippen LogP contribution is -2.50. The highest BCUT2D eigenvalue weighted by molar-refractivity contribution is 7.87. The summed E-state index contributed by atoms with van der Waals surface area (Å²) in [5, 5.41) is 18.5. The van der Waals surface area contributed by atoms with Gasteiger partial charge in [0, 0.05) is 20.1 Å². The third kappa shape index (κ3) is 2.43. The largest absolute Gasteiger partial charge is 0.393 e. The highest BCUT2D eigenvalue weighted by Crippen LogP contribution is 2.22. The van der Waals surface area contributed by atoms with Gasteiger partial charge in [0.25, 0.3) is 10.2 Å². The van der Waals surface area contributed by atoms with Crippen molar-refractivity contribution in [2.45, 2.75) is 18.4 Å². The molecule has 1 aliphatic heterocycles. The Balaban J connectivity index is 2.60. The summed E-state index contributed by atoms with van der Waals surface area (Å²) >= 11 is 0. The van der Waals surface area contributed by atoms with Crippen molar-refractivity contribution in [3.8, 4) is 0 Å². The maximum absolute atomic E-state index is 11.3. The molecule has 0 bridgehead atoms. The Morgan fingerprint density at radius 3 is 2.29 bits per heavy atom. The quantitative estimate of drug-likeness (QED) is 0.531. The van der Waals surface area contributed by atoms with Gasteiger partial charge in [-0.15, -0.1) is 0 Å². The molecule has 1 fully saturated rings. The van der Waals surface area contributed by atoms with Gasteiger partial charge in [-0.05, 0) is 12.8 Å². The van der Waals surface area contributed by atoms with Crippen LogP contribution in [0.15, 0.2) is 0 Å². The third-order valence-electron chi connectivity index (χ3n) is 2.55. The minimum absolute atomic E-state index is 0.236. The minimum atomic E-state index is -3.39. The second kappa shape index (κ2) is 4.11. The molecule has 0 amide bonds. The Kier molecular flexibility index (Phi) is 3.49. The molecule has 6 nitrogen and oxygen atoms in total. The van der Waals surface area contributed by atoms with Crippen molar-refractivity contribution in [1.82, 2.24) is 9.03 Å². The van der Waals surface area contributed by atoms with Crippen LogP contribution in [-0.4, -0.2) is 55.3 Å². The predicted molar refractivity (Wildman–Crippen MR) is 50.8 cm³/mol. The number of aliphatic hydroxyl groups excluding tert-OH is 1. The van der Waals surface area contributed by atoms with Gasteiger partial charge < -0.3 is 10.2 Å². The number of rotatable bonds is 3. The highest BCUT2D eigenvalue weighted by Gasteiger charge is 2.35. The van der Waals surface area contributed by atoms with E-state index < -0.39 is 15.8 Å². The second-order valence-electron chi connectivity index (χ2n) is 3.49. The van der Waals surface area contributed by atoms with Gasteiger partial charge in [-0.25, -0.2) is 4.72 Å². The zero-order chi connectivity index (χ0) is 10.8. The number of aliphatic hydroxyl groups is 2. The van der Waals surface area contributed by atoms with E-state index >= 15 is 0 Å². The van der Waals surface area contributed by atoms with E-state index in [4.69, 9.17) is 5.11 Å². The molecule has 0 unspecified atom stereocenters. The molecule has 3 N–H and O–H groups in total. The predicted octanol–water partition coefficient (Wildman–Crippen LogP) is -1.73. The normalized spacial score (nSPS) is 23.6. The molecular weight excluding hydrogens is 208 g/mol. The van der Waals surface area contributed by atoms with Crippen molar-refractivity contribution in [1.29, 1.82) is 0 Å². The van der Waals surface area contributed by atoms with Gasteiger partial charge in [0.05, 0.1) is 12.2 Å². The maximum Gasteiger partial charge on any atom is 0.279 e. The van der Waals surface area contributed by atoms with Gasteiger partial charge in [0.1, 0.15) is 0 Å². The SMILES string of the molecule is CNS(=O)(=O)N1CCC(O)(CO)CC1.